The SMILES string of the molecule is CCc1cc(O)cc([C@H](O)Oc2c(O[C@@H]3O[C@H](C(=O)O)[C@](O)(C[C@H]4CNCN4)[C@@H](O)[C@H]3O)cc3oc(-c4ccc(OC[C@H](O)c5ccc(N)[nH]5)cc4)cc(=O)c3c2O)c1. The molecule has 2 aliphatic rings. The number of phenols is 2. The van der Waals surface area contributed by atoms with Gasteiger partial charge in [0.2, 0.25) is 18.3 Å². The van der Waals surface area contributed by atoms with Gasteiger partial charge in [-0.15, -0.1) is 0 Å². The third-order valence-electron chi connectivity index (χ3n) is 10.3. The third-order valence-corrected chi connectivity index (χ3v) is 10.3. The number of hydrogen-bond acceptors (Lipinski definition) is 17. The number of H-pyrrole nitrogens is 1. The van der Waals surface area contributed by atoms with Crippen LogP contribution in [-0.2, 0) is 16.0 Å². The van der Waals surface area contributed by atoms with E-state index in [0.29, 0.717) is 48.0 Å². The molecule has 0 aliphatic carbocycles. The van der Waals surface area contributed by atoms with Gasteiger partial charge in [-0.2, -0.15) is 0 Å². The lowest BCUT2D eigenvalue weighted by atomic mass is 9.79. The number of hydrogen-bond donors (Lipinski definition) is 12. The van der Waals surface area contributed by atoms with Crippen molar-refractivity contribution in [2.45, 2.75) is 68.4 Å². The van der Waals surface area contributed by atoms with Gasteiger partial charge in [0.1, 0.15) is 64.6 Å². The molecule has 0 unspecified atom stereocenters. The molecule has 59 heavy (non-hydrogen) atoms. The molecule has 4 heterocycles. The van der Waals surface area contributed by atoms with Gasteiger partial charge in [0.25, 0.3) is 0 Å². The van der Waals surface area contributed by atoms with E-state index in [-0.39, 0.29) is 35.7 Å². The lowest BCUT2D eigenvalue weighted by molar-refractivity contribution is -0.307. The number of benzene rings is 3. The summed E-state index contributed by atoms with van der Waals surface area (Å²) in [6.07, 6.45) is -11.2. The highest BCUT2D eigenvalue weighted by molar-refractivity contribution is 5.89. The van der Waals surface area contributed by atoms with E-state index in [1.54, 1.807) is 36.4 Å². The van der Waals surface area contributed by atoms with Gasteiger partial charge < -0.3 is 85.6 Å². The Hall–Kier alpha value is -5.90. The Labute approximate surface area is 334 Å². The molecule has 19 heteroatoms. The number of aromatic nitrogens is 1. The molecule has 0 saturated carbocycles. The number of nitrogens with one attached hydrogen (secondary N) is 3. The first kappa shape index (κ1) is 41.3. The number of nitrogens with two attached hydrogens (primary N) is 1. The molecule has 314 valence electrons. The lowest BCUT2D eigenvalue weighted by Crippen LogP contribution is -2.70. The summed E-state index contributed by atoms with van der Waals surface area (Å²) in [4.78, 5) is 29.0. The number of carboxylic acids is 1. The minimum atomic E-state index is -2.50. The summed E-state index contributed by atoms with van der Waals surface area (Å²) >= 11 is 0. The van der Waals surface area contributed by atoms with E-state index in [1.165, 1.54) is 18.2 Å². The molecule has 2 fully saturated rings. The molecule has 0 bridgehead atoms. The van der Waals surface area contributed by atoms with Gasteiger partial charge in [-0.05, 0) is 73.0 Å². The van der Waals surface area contributed by atoms with Gasteiger partial charge in [-0.1, -0.05) is 6.92 Å². The Bertz CT molecular complexity index is 2360. The summed E-state index contributed by atoms with van der Waals surface area (Å²) in [6, 6.07) is 15.4. The number of aromatic hydroxyl groups is 2. The number of rotatable bonds is 14. The van der Waals surface area contributed by atoms with Crippen molar-refractivity contribution in [3.05, 3.63) is 93.8 Å². The van der Waals surface area contributed by atoms with Gasteiger partial charge in [-0.25, -0.2) is 4.79 Å². The number of nitrogen functional groups attached to an aromatic ring is 1. The smallest absolute Gasteiger partial charge is 0.336 e. The zero-order chi connectivity index (χ0) is 42.2. The van der Waals surface area contributed by atoms with Crippen molar-refractivity contribution in [3.8, 4) is 40.1 Å². The van der Waals surface area contributed by atoms with Crippen molar-refractivity contribution in [1.29, 1.82) is 0 Å². The van der Waals surface area contributed by atoms with E-state index in [9.17, 15) is 50.4 Å². The number of carbonyl (C=O) groups is 1. The summed E-state index contributed by atoms with van der Waals surface area (Å²) in [7, 11) is 0. The molecule has 13 N–H and O–H groups in total. The molecule has 0 radical (unpaired) electrons. The molecule has 0 amide bonds. The van der Waals surface area contributed by atoms with Crippen molar-refractivity contribution < 1.29 is 69.0 Å². The molecular weight excluding hydrogens is 776 g/mol. The number of aryl methyl sites for hydroxylation is 1. The van der Waals surface area contributed by atoms with E-state index in [2.05, 4.69) is 15.6 Å². The Morgan fingerprint density at radius 2 is 1.81 bits per heavy atom. The Kier molecular flexibility index (Phi) is 11.7. The van der Waals surface area contributed by atoms with Crippen LogP contribution < -0.4 is 36.0 Å². The van der Waals surface area contributed by atoms with Gasteiger partial charge in [0.05, 0.1) is 0 Å². The van der Waals surface area contributed by atoms with E-state index < -0.39 is 82.7 Å². The highest BCUT2D eigenvalue weighted by Gasteiger charge is 2.59. The van der Waals surface area contributed by atoms with Crippen LogP contribution in [-0.4, -0.2) is 108 Å². The number of aromatic amines is 1. The molecule has 5 aromatic rings. The first-order chi connectivity index (χ1) is 28.1. The normalized spacial score (nSPS) is 24.1. The predicted molar refractivity (Wildman–Crippen MR) is 207 cm³/mol. The average molecular weight is 821 g/mol. The van der Waals surface area contributed by atoms with Gasteiger partial charge >= 0.3 is 5.97 Å². The summed E-state index contributed by atoms with van der Waals surface area (Å²) in [5.74, 6) is -3.24. The van der Waals surface area contributed by atoms with Crippen LogP contribution in [0, 0.1) is 0 Å². The fourth-order valence-corrected chi connectivity index (χ4v) is 7.16. The van der Waals surface area contributed by atoms with Crippen LogP contribution in [0.25, 0.3) is 22.3 Å². The summed E-state index contributed by atoms with van der Waals surface area (Å²) in [6.45, 7) is 2.40. The summed E-state index contributed by atoms with van der Waals surface area (Å²) < 4.78 is 29.0. The molecule has 0 spiro atoms. The van der Waals surface area contributed by atoms with Crippen LogP contribution in [0.1, 0.15) is 42.6 Å². The molecule has 3 aromatic carbocycles. The van der Waals surface area contributed by atoms with Gasteiger partial charge in [0, 0.05) is 48.2 Å². The molecule has 2 aromatic heterocycles. The van der Waals surface area contributed by atoms with E-state index in [1.807, 2.05) is 6.92 Å². The molecular formula is C40H44N4O15. The minimum absolute atomic E-state index is 0.0113. The quantitative estimate of drug-likeness (QED) is 0.0697. The van der Waals surface area contributed by atoms with Crippen LogP contribution in [0.4, 0.5) is 5.82 Å². The first-order valence-corrected chi connectivity index (χ1v) is 18.6. The summed E-state index contributed by atoms with van der Waals surface area (Å²) in [5.41, 5.74) is 3.64. The van der Waals surface area contributed by atoms with Gasteiger partial charge in [0.15, 0.2) is 23.0 Å². The minimum Gasteiger partial charge on any atom is -0.508 e. The zero-order valence-corrected chi connectivity index (χ0v) is 31.4. The third kappa shape index (κ3) is 8.49. The van der Waals surface area contributed by atoms with Crippen LogP contribution in [0.2, 0.25) is 0 Å². The van der Waals surface area contributed by atoms with Crippen molar-refractivity contribution in [2.75, 3.05) is 25.6 Å². The van der Waals surface area contributed by atoms with Crippen molar-refractivity contribution in [2.24, 2.45) is 0 Å². The molecule has 7 rings (SSSR count). The van der Waals surface area contributed by atoms with Crippen LogP contribution >= 0.6 is 0 Å². The molecule has 19 nitrogen and oxygen atoms in total. The van der Waals surface area contributed by atoms with Crippen molar-refractivity contribution >= 4 is 22.8 Å². The number of carboxylic acid groups (broad SMARTS) is 1. The number of ether oxygens (including phenoxy) is 4. The van der Waals surface area contributed by atoms with Gasteiger partial charge in [-0.3, -0.25) is 4.79 Å². The number of fused-ring (bicyclic) bond motifs is 1. The number of anilines is 1. The second-order valence-electron chi connectivity index (χ2n) is 14.4. The topological polar surface area (TPSA) is 312 Å². The average Bonchev–Trinajstić information content (AvgIpc) is 3.89. The molecule has 2 aliphatic heterocycles. The van der Waals surface area contributed by atoms with E-state index in [0.717, 1.165) is 12.1 Å². The van der Waals surface area contributed by atoms with E-state index in [4.69, 9.17) is 29.1 Å². The fourth-order valence-electron chi connectivity index (χ4n) is 7.16. The number of aliphatic hydroxyl groups excluding tert-OH is 4. The predicted octanol–water partition coefficient (Wildman–Crippen LogP) is 1.08. The summed E-state index contributed by atoms with van der Waals surface area (Å²) in [5, 5.41) is 93.1. The van der Waals surface area contributed by atoms with Crippen molar-refractivity contribution in [1.82, 2.24) is 15.6 Å². The Morgan fingerprint density at radius 1 is 1.05 bits per heavy atom. The highest BCUT2D eigenvalue weighted by atomic mass is 16.7. The van der Waals surface area contributed by atoms with Crippen LogP contribution in [0.5, 0.6) is 28.7 Å². The maximum Gasteiger partial charge on any atom is 0.336 e. The second kappa shape index (κ2) is 16.8. The number of aliphatic carboxylic acids is 1. The number of aliphatic hydroxyl groups is 5. The lowest BCUT2D eigenvalue weighted by Gasteiger charge is -2.47. The fraction of sp³-hybridized carbons (Fsp3) is 0.350. The van der Waals surface area contributed by atoms with E-state index >= 15 is 0 Å². The number of phenolic OH excluding ortho intramolecular Hbond substituents is 2. The van der Waals surface area contributed by atoms with Crippen LogP contribution in [0.3, 0.4) is 0 Å². The Morgan fingerprint density at radius 3 is 2.47 bits per heavy atom. The maximum absolute atomic E-state index is 13.7. The Balaban J connectivity index is 1.23. The zero-order valence-electron chi connectivity index (χ0n) is 31.4. The second-order valence-corrected chi connectivity index (χ2v) is 14.4. The molecule has 2 saturated heterocycles. The monoisotopic (exact) mass is 820 g/mol. The maximum atomic E-state index is 13.7. The molecule has 8 atom stereocenters. The van der Waals surface area contributed by atoms with Crippen LogP contribution in [0.15, 0.2) is 75.9 Å². The first-order valence-electron chi connectivity index (χ1n) is 18.6. The standard InChI is InChI=1S/C40H44N4O15/c1-2-18-9-20(11-22(45)10-18)38(53)58-34-29(57-39-33(49)35(50)40(54,36(59-39)37(51)52)14-21-15-42-17-43-21)13-28-31(32(34)48)25(46)12-27(56-28)19-3-5-23(6-4-19)55-16-26(47)24-7-8-30(41)44-24/h3-13,21,26,33,35-36,38-39,42-45,47-50,53-54H,2,14-17,41H2,1H3,(H,51,52)/t21-,26-,33+,35-,36+,38+,39+,40-/m0/s1. The largest absolute Gasteiger partial charge is 0.508 e. The highest BCUT2D eigenvalue weighted by Crippen LogP contribution is 2.46. The van der Waals surface area contributed by atoms with Crippen molar-refractivity contribution in [3.63, 3.8) is 0 Å².